The van der Waals surface area contributed by atoms with Crippen molar-refractivity contribution in [2.75, 3.05) is 13.7 Å². The van der Waals surface area contributed by atoms with Crippen LogP contribution in [0.4, 0.5) is 0 Å². The zero-order chi connectivity index (χ0) is 17.8. The third-order valence-corrected chi connectivity index (χ3v) is 4.85. The van der Waals surface area contributed by atoms with E-state index in [1.165, 1.54) is 7.11 Å². The fourth-order valence-corrected chi connectivity index (χ4v) is 3.39. The second kappa shape index (κ2) is 7.80. The molecule has 25 heavy (non-hydrogen) atoms. The van der Waals surface area contributed by atoms with E-state index in [0.717, 1.165) is 30.5 Å². The lowest BCUT2D eigenvalue weighted by molar-refractivity contribution is 0.0442. The quantitative estimate of drug-likeness (QED) is 0.841. The molecule has 1 fully saturated rings. The molecule has 2 heterocycles. The normalized spacial score (nSPS) is 21.2. The Balaban J connectivity index is 1.72. The molecule has 1 saturated heterocycles. The zero-order valence-corrected chi connectivity index (χ0v) is 14.6. The molecule has 0 amide bonds. The van der Waals surface area contributed by atoms with Gasteiger partial charge in [0.25, 0.3) is 0 Å². The Labute approximate surface area is 147 Å². The van der Waals surface area contributed by atoms with Crippen LogP contribution < -0.4 is 0 Å². The minimum absolute atomic E-state index is 0.171. The van der Waals surface area contributed by atoms with E-state index in [0.29, 0.717) is 24.0 Å². The van der Waals surface area contributed by atoms with Crippen LogP contribution in [0.2, 0.25) is 0 Å². The van der Waals surface area contributed by atoms with Gasteiger partial charge in [0.2, 0.25) is 5.89 Å². The Morgan fingerprint density at radius 2 is 2.12 bits per heavy atom. The summed E-state index contributed by atoms with van der Waals surface area (Å²) in [6.07, 6.45) is 4.97. The van der Waals surface area contributed by atoms with Gasteiger partial charge in [0.05, 0.1) is 25.0 Å². The third-order valence-electron chi connectivity index (χ3n) is 4.85. The Kier molecular flexibility index (Phi) is 5.50. The van der Waals surface area contributed by atoms with Crippen LogP contribution in [-0.2, 0) is 11.3 Å². The van der Waals surface area contributed by atoms with E-state index in [1.807, 2.05) is 0 Å². The zero-order valence-electron chi connectivity index (χ0n) is 14.6. The number of carbonyl (C=O) groups excluding carboxylic acids is 1. The number of benzene rings is 1. The third kappa shape index (κ3) is 3.91. The van der Waals surface area contributed by atoms with Crippen LogP contribution >= 0.6 is 0 Å². The number of piperidine rings is 1. The second-order valence-corrected chi connectivity index (χ2v) is 6.50. The summed E-state index contributed by atoms with van der Waals surface area (Å²) >= 11 is 0. The molecule has 0 unspecified atom stereocenters. The summed E-state index contributed by atoms with van der Waals surface area (Å²) < 4.78 is 10.3. The fourth-order valence-electron chi connectivity index (χ4n) is 3.39. The lowest BCUT2D eigenvalue weighted by atomic mass is 9.97. The van der Waals surface area contributed by atoms with Crippen molar-refractivity contribution in [3.05, 3.63) is 41.8 Å². The molecule has 134 valence electrons. The highest BCUT2D eigenvalue weighted by atomic mass is 16.5. The van der Waals surface area contributed by atoms with Crippen molar-refractivity contribution < 1.29 is 19.1 Å². The van der Waals surface area contributed by atoms with Gasteiger partial charge < -0.3 is 14.3 Å². The average molecular weight is 344 g/mol. The summed E-state index contributed by atoms with van der Waals surface area (Å²) in [5, 5.41) is 9.61. The standard InChI is InChI=1S/C19H24N2O4/c1-13-4-3-5-17(11-22)21(13)10-16-12-25-18(20-16)14-6-8-15(9-7-14)19(23)24-2/h6-9,12-13,17,22H,3-5,10-11H2,1-2H3/t13-,17-/m1/s1. The Bertz CT molecular complexity index is 710. The van der Waals surface area contributed by atoms with Gasteiger partial charge >= 0.3 is 5.97 Å². The summed E-state index contributed by atoms with van der Waals surface area (Å²) in [7, 11) is 1.36. The summed E-state index contributed by atoms with van der Waals surface area (Å²) in [5.41, 5.74) is 2.15. The molecule has 0 aliphatic carbocycles. The van der Waals surface area contributed by atoms with Crippen molar-refractivity contribution in [2.45, 2.75) is 44.8 Å². The summed E-state index contributed by atoms with van der Waals surface area (Å²) in [5.74, 6) is 0.158. The van der Waals surface area contributed by atoms with Crippen molar-refractivity contribution in [3.63, 3.8) is 0 Å². The van der Waals surface area contributed by atoms with E-state index in [2.05, 4.69) is 16.8 Å². The van der Waals surface area contributed by atoms with Gasteiger partial charge in [0.1, 0.15) is 6.26 Å². The molecule has 3 rings (SSSR count). The fraction of sp³-hybridized carbons (Fsp3) is 0.474. The van der Waals surface area contributed by atoms with Crippen LogP contribution in [0.25, 0.3) is 11.5 Å². The number of rotatable bonds is 5. The second-order valence-electron chi connectivity index (χ2n) is 6.50. The van der Waals surface area contributed by atoms with E-state index in [4.69, 9.17) is 9.15 Å². The molecule has 1 aromatic carbocycles. The van der Waals surface area contributed by atoms with E-state index in [9.17, 15) is 9.90 Å². The number of oxazole rings is 1. The van der Waals surface area contributed by atoms with E-state index < -0.39 is 0 Å². The van der Waals surface area contributed by atoms with Gasteiger partial charge in [-0.2, -0.15) is 0 Å². The molecule has 0 radical (unpaired) electrons. The summed E-state index contributed by atoms with van der Waals surface area (Å²) in [4.78, 5) is 18.4. The molecule has 1 aliphatic heterocycles. The number of ether oxygens (including phenoxy) is 1. The molecule has 1 aliphatic rings. The van der Waals surface area contributed by atoms with Crippen molar-refractivity contribution >= 4 is 5.97 Å². The first-order chi connectivity index (χ1) is 12.1. The molecule has 2 atom stereocenters. The number of hydrogen-bond donors (Lipinski definition) is 1. The van der Waals surface area contributed by atoms with Crippen LogP contribution in [0.1, 0.15) is 42.2 Å². The van der Waals surface area contributed by atoms with Crippen molar-refractivity contribution in [3.8, 4) is 11.5 Å². The predicted molar refractivity (Wildman–Crippen MR) is 93.0 cm³/mol. The molecule has 6 nitrogen and oxygen atoms in total. The number of methoxy groups -OCH3 is 1. The lowest BCUT2D eigenvalue weighted by Crippen LogP contribution is -2.46. The van der Waals surface area contributed by atoms with Crippen molar-refractivity contribution in [1.29, 1.82) is 0 Å². The molecule has 0 spiro atoms. The highest BCUT2D eigenvalue weighted by molar-refractivity contribution is 5.89. The lowest BCUT2D eigenvalue weighted by Gasteiger charge is -2.39. The van der Waals surface area contributed by atoms with Crippen molar-refractivity contribution in [1.82, 2.24) is 9.88 Å². The largest absolute Gasteiger partial charge is 0.465 e. The number of nitrogens with zero attached hydrogens (tertiary/aromatic N) is 2. The van der Waals surface area contributed by atoms with Crippen molar-refractivity contribution in [2.24, 2.45) is 0 Å². The maximum atomic E-state index is 11.5. The highest BCUT2D eigenvalue weighted by Gasteiger charge is 2.28. The molecular formula is C19H24N2O4. The van der Waals surface area contributed by atoms with Crippen LogP contribution in [0, 0.1) is 0 Å². The minimum atomic E-state index is -0.367. The van der Waals surface area contributed by atoms with Gasteiger partial charge in [-0.25, -0.2) is 9.78 Å². The molecule has 1 aromatic heterocycles. The number of aliphatic hydroxyl groups excluding tert-OH is 1. The topological polar surface area (TPSA) is 75.8 Å². The van der Waals surface area contributed by atoms with Crippen LogP contribution in [-0.4, -0.2) is 46.8 Å². The minimum Gasteiger partial charge on any atom is -0.465 e. The monoisotopic (exact) mass is 344 g/mol. The summed E-state index contributed by atoms with van der Waals surface area (Å²) in [6.45, 7) is 3.02. The predicted octanol–water partition coefficient (Wildman–Crippen LogP) is 2.86. The Hall–Kier alpha value is -2.18. The average Bonchev–Trinajstić information content (AvgIpc) is 3.11. The van der Waals surface area contributed by atoms with Crippen LogP contribution in [0.3, 0.4) is 0 Å². The number of esters is 1. The first-order valence-electron chi connectivity index (χ1n) is 8.62. The molecular weight excluding hydrogens is 320 g/mol. The van der Waals surface area contributed by atoms with Gasteiger partial charge in [-0.3, -0.25) is 4.90 Å². The highest BCUT2D eigenvalue weighted by Crippen LogP contribution is 2.26. The number of hydrogen-bond acceptors (Lipinski definition) is 6. The first-order valence-corrected chi connectivity index (χ1v) is 8.62. The molecule has 2 aromatic rings. The SMILES string of the molecule is COC(=O)c1ccc(-c2nc(CN3[C@@H](CO)CCC[C@H]3C)co2)cc1. The van der Waals surface area contributed by atoms with Gasteiger partial charge in [-0.15, -0.1) is 0 Å². The van der Waals surface area contributed by atoms with Gasteiger partial charge in [-0.1, -0.05) is 6.42 Å². The molecule has 0 saturated carbocycles. The Morgan fingerprint density at radius 1 is 1.36 bits per heavy atom. The number of aromatic nitrogens is 1. The number of carbonyl (C=O) groups is 1. The molecule has 1 N–H and O–H groups in total. The van der Waals surface area contributed by atoms with Crippen LogP contribution in [0.5, 0.6) is 0 Å². The number of aliphatic hydroxyl groups is 1. The van der Waals surface area contributed by atoms with Gasteiger partial charge in [-0.05, 0) is 44.0 Å². The maximum Gasteiger partial charge on any atom is 0.337 e. The van der Waals surface area contributed by atoms with E-state index >= 15 is 0 Å². The smallest absolute Gasteiger partial charge is 0.337 e. The summed E-state index contributed by atoms with van der Waals surface area (Å²) in [6, 6.07) is 7.58. The maximum absolute atomic E-state index is 11.5. The van der Waals surface area contributed by atoms with Gasteiger partial charge in [0.15, 0.2) is 0 Å². The van der Waals surface area contributed by atoms with Gasteiger partial charge in [0, 0.05) is 24.2 Å². The van der Waals surface area contributed by atoms with E-state index in [1.54, 1.807) is 30.5 Å². The molecule has 0 bridgehead atoms. The number of likely N-dealkylation sites (tertiary alicyclic amines) is 1. The first kappa shape index (κ1) is 17.6. The Morgan fingerprint density at radius 3 is 2.80 bits per heavy atom. The van der Waals surface area contributed by atoms with E-state index in [-0.39, 0.29) is 18.6 Å². The van der Waals surface area contributed by atoms with Crippen LogP contribution in [0.15, 0.2) is 34.9 Å². The molecule has 6 heteroatoms.